The highest BCUT2D eigenvalue weighted by Gasteiger charge is 2.22. The van der Waals surface area contributed by atoms with Crippen LogP contribution < -0.4 is 11.1 Å². The lowest BCUT2D eigenvalue weighted by molar-refractivity contribution is -0.116. The van der Waals surface area contributed by atoms with Gasteiger partial charge in [-0.2, -0.15) is 0 Å². The number of benzene rings is 1. The molecule has 0 spiro atoms. The summed E-state index contributed by atoms with van der Waals surface area (Å²) in [5.74, 6) is 0.239. The summed E-state index contributed by atoms with van der Waals surface area (Å²) in [5.41, 5.74) is 6.07. The van der Waals surface area contributed by atoms with E-state index in [0.717, 1.165) is 19.0 Å². The van der Waals surface area contributed by atoms with Crippen molar-refractivity contribution in [2.75, 3.05) is 24.1 Å². The van der Waals surface area contributed by atoms with Gasteiger partial charge in [-0.3, -0.25) is 4.79 Å². The molecule has 2 unspecified atom stereocenters. The number of nitrogens with one attached hydrogen (secondary N) is 1. The van der Waals surface area contributed by atoms with Gasteiger partial charge in [0.1, 0.15) is 5.82 Å². The zero-order valence-corrected chi connectivity index (χ0v) is 12.7. The molecule has 4 nitrogen and oxygen atoms in total. The summed E-state index contributed by atoms with van der Waals surface area (Å²) in [6.45, 7) is 6.31. The first-order chi connectivity index (χ1) is 9.95. The van der Waals surface area contributed by atoms with Crippen LogP contribution in [0.25, 0.3) is 0 Å². The average Bonchev–Trinajstić information content (AvgIpc) is 2.42. The molecule has 0 radical (unpaired) electrons. The first kappa shape index (κ1) is 15.8. The summed E-state index contributed by atoms with van der Waals surface area (Å²) in [4.78, 5) is 14.3. The van der Waals surface area contributed by atoms with Gasteiger partial charge in [-0.25, -0.2) is 4.39 Å². The summed E-state index contributed by atoms with van der Waals surface area (Å²) in [6.07, 6.45) is 2.83. The van der Waals surface area contributed by atoms with Gasteiger partial charge in [0.25, 0.3) is 0 Å². The molecule has 2 atom stereocenters. The Morgan fingerprint density at radius 2 is 2.24 bits per heavy atom. The van der Waals surface area contributed by atoms with Crippen LogP contribution in [0.15, 0.2) is 18.2 Å². The summed E-state index contributed by atoms with van der Waals surface area (Å²) in [6, 6.07) is 4.76. The molecule has 1 aromatic carbocycles. The topological polar surface area (TPSA) is 58.4 Å². The van der Waals surface area contributed by atoms with E-state index in [2.05, 4.69) is 24.1 Å². The zero-order chi connectivity index (χ0) is 15.4. The molecule has 5 heteroatoms. The molecule has 1 aliphatic heterocycles. The fourth-order valence-corrected chi connectivity index (χ4v) is 2.88. The standard InChI is InChI=1S/C16H24FN3O/c1-11-5-7-20(12(2)9-11)8-6-16(21)19-13-3-4-14(17)15(18)10-13/h3-4,10-12H,5-9,18H2,1-2H3,(H,19,21). The van der Waals surface area contributed by atoms with Crippen LogP contribution in [0.3, 0.4) is 0 Å². The lowest BCUT2D eigenvalue weighted by atomic mass is 9.93. The highest BCUT2D eigenvalue weighted by atomic mass is 19.1. The Morgan fingerprint density at radius 1 is 1.48 bits per heavy atom. The van der Waals surface area contributed by atoms with E-state index in [0.29, 0.717) is 18.2 Å². The van der Waals surface area contributed by atoms with Crippen LogP contribution in [0.4, 0.5) is 15.8 Å². The van der Waals surface area contributed by atoms with Crippen molar-refractivity contribution in [1.82, 2.24) is 4.90 Å². The van der Waals surface area contributed by atoms with Gasteiger partial charge < -0.3 is 16.0 Å². The van der Waals surface area contributed by atoms with E-state index < -0.39 is 5.82 Å². The molecule has 1 amide bonds. The maximum Gasteiger partial charge on any atom is 0.225 e. The number of nitrogens with two attached hydrogens (primary N) is 1. The molecule has 2 rings (SSSR count). The molecule has 21 heavy (non-hydrogen) atoms. The third-order valence-electron chi connectivity index (χ3n) is 4.18. The molecule has 1 aromatic rings. The number of hydrogen-bond acceptors (Lipinski definition) is 3. The Balaban J connectivity index is 1.80. The molecule has 0 aromatic heterocycles. The predicted molar refractivity (Wildman–Crippen MR) is 83.5 cm³/mol. The van der Waals surface area contributed by atoms with Crippen LogP contribution in [0.1, 0.15) is 33.1 Å². The van der Waals surface area contributed by atoms with E-state index in [1.165, 1.54) is 31.0 Å². The molecular weight excluding hydrogens is 269 g/mol. The Kier molecular flexibility index (Phi) is 5.17. The number of amides is 1. The van der Waals surface area contributed by atoms with Crippen LogP contribution in [0, 0.1) is 11.7 Å². The molecular formula is C16H24FN3O. The minimum absolute atomic E-state index is 0.0476. The van der Waals surface area contributed by atoms with Gasteiger partial charge in [0, 0.05) is 24.7 Å². The molecule has 1 heterocycles. The Labute approximate surface area is 125 Å². The van der Waals surface area contributed by atoms with Crippen molar-refractivity contribution < 1.29 is 9.18 Å². The fraction of sp³-hybridized carbons (Fsp3) is 0.562. The Morgan fingerprint density at radius 3 is 2.90 bits per heavy atom. The van der Waals surface area contributed by atoms with Gasteiger partial charge in [-0.15, -0.1) is 0 Å². The van der Waals surface area contributed by atoms with E-state index in [1.54, 1.807) is 0 Å². The lowest BCUT2D eigenvalue weighted by Crippen LogP contribution is -2.41. The van der Waals surface area contributed by atoms with E-state index in [-0.39, 0.29) is 11.6 Å². The van der Waals surface area contributed by atoms with Gasteiger partial charge in [-0.1, -0.05) is 6.92 Å². The number of anilines is 2. The van der Waals surface area contributed by atoms with Gasteiger partial charge in [0.2, 0.25) is 5.91 Å². The summed E-state index contributed by atoms with van der Waals surface area (Å²) < 4.78 is 13.1. The van der Waals surface area contributed by atoms with Crippen molar-refractivity contribution in [3.8, 4) is 0 Å². The van der Waals surface area contributed by atoms with Crippen LogP contribution in [-0.4, -0.2) is 29.9 Å². The number of halogens is 1. The van der Waals surface area contributed by atoms with E-state index in [9.17, 15) is 9.18 Å². The highest BCUT2D eigenvalue weighted by molar-refractivity contribution is 5.91. The Hall–Kier alpha value is -1.62. The fourth-order valence-electron chi connectivity index (χ4n) is 2.88. The first-order valence-electron chi connectivity index (χ1n) is 7.54. The zero-order valence-electron chi connectivity index (χ0n) is 12.7. The van der Waals surface area contributed by atoms with Crippen molar-refractivity contribution in [2.24, 2.45) is 5.92 Å². The average molecular weight is 293 g/mol. The molecule has 1 saturated heterocycles. The molecule has 0 saturated carbocycles. The van der Waals surface area contributed by atoms with Gasteiger partial charge in [0.15, 0.2) is 0 Å². The number of likely N-dealkylation sites (tertiary alicyclic amines) is 1. The predicted octanol–water partition coefficient (Wildman–Crippen LogP) is 2.86. The van der Waals surface area contributed by atoms with Crippen molar-refractivity contribution in [1.29, 1.82) is 0 Å². The number of hydrogen-bond donors (Lipinski definition) is 2. The maximum absolute atomic E-state index is 13.1. The maximum atomic E-state index is 13.1. The quantitative estimate of drug-likeness (QED) is 0.839. The van der Waals surface area contributed by atoms with Gasteiger partial charge >= 0.3 is 0 Å². The van der Waals surface area contributed by atoms with Crippen LogP contribution in [-0.2, 0) is 4.79 Å². The largest absolute Gasteiger partial charge is 0.396 e. The molecule has 1 aliphatic rings. The van der Waals surface area contributed by atoms with E-state index >= 15 is 0 Å². The van der Waals surface area contributed by atoms with Gasteiger partial charge in [-0.05, 0) is 50.4 Å². The molecule has 116 valence electrons. The van der Waals surface area contributed by atoms with Crippen LogP contribution in [0.5, 0.6) is 0 Å². The smallest absolute Gasteiger partial charge is 0.225 e. The first-order valence-corrected chi connectivity index (χ1v) is 7.54. The second-order valence-corrected chi connectivity index (χ2v) is 6.05. The summed E-state index contributed by atoms with van der Waals surface area (Å²) in [7, 11) is 0. The summed E-state index contributed by atoms with van der Waals surface area (Å²) in [5, 5.41) is 2.76. The second-order valence-electron chi connectivity index (χ2n) is 6.05. The monoisotopic (exact) mass is 293 g/mol. The van der Waals surface area contributed by atoms with Crippen molar-refractivity contribution in [2.45, 2.75) is 39.2 Å². The van der Waals surface area contributed by atoms with Crippen molar-refractivity contribution in [3.63, 3.8) is 0 Å². The second kappa shape index (κ2) is 6.89. The Bertz CT molecular complexity index is 506. The summed E-state index contributed by atoms with van der Waals surface area (Å²) >= 11 is 0. The van der Waals surface area contributed by atoms with E-state index in [1.807, 2.05) is 0 Å². The SMILES string of the molecule is CC1CCN(CCC(=O)Nc2ccc(F)c(N)c2)C(C)C1. The minimum atomic E-state index is -0.468. The number of carbonyl (C=O) groups is 1. The third-order valence-corrected chi connectivity index (χ3v) is 4.18. The van der Waals surface area contributed by atoms with Crippen molar-refractivity contribution >= 4 is 17.3 Å². The highest BCUT2D eigenvalue weighted by Crippen LogP contribution is 2.22. The van der Waals surface area contributed by atoms with Crippen LogP contribution in [0.2, 0.25) is 0 Å². The number of rotatable bonds is 4. The molecule has 3 N–H and O–H groups in total. The van der Waals surface area contributed by atoms with Crippen LogP contribution >= 0.6 is 0 Å². The molecule has 1 fully saturated rings. The van der Waals surface area contributed by atoms with E-state index in [4.69, 9.17) is 5.73 Å². The number of carbonyl (C=O) groups excluding carboxylic acids is 1. The molecule has 0 aliphatic carbocycles. The lowest BCUT2D eigenvalue weighted by Gasteiger charge is -2.36. The normalized spacial score (nSPS) is 23.0. The van der Waals surface area contributed by atoms with Crippen molar-refractivity contribution in [3.05, 3.63) is 24.0 Å². The third kappa shape index (κ3) is 4.43. The number of nitrogen functional groups attached to an aromatic ring is 1. The number of piperidine rings is 1. The number of nitrogens with zero attached hydrogens (tertiary/aromatic N) is 1. The molecule has 0 bridgehead atoms. The minimum Gasteiger partial charge on any atom is -0.396 e. The van der Waals surface area contributed by atoms with Gasteiger partial charge in [0.05, 0.1) is 5.69 Å².